The SMILES string of the molecule is CC(C)(C)NCCCCOCCC(F)(F)F. The molecule has 5 heteroatoms. The van der Waals surface area contributed by atoms with Gasteiger partial charge in [0, 0.05) is 12.1 Å². The molecule has 0 aliphatic heterocycles. The van der Waals surface area contributed by atoms with Gasteiger partial charge in [-0.15, -0.1) is 0 Å². The summed E-state index contributed by atoms with van der Waals surface area (Å²) >= 11 is 0. The van der Waals surface area contributed by atoms with Gasteiger partial charge in [-0.2, -0.15) is 13.2 Å². The first-order chi connectivity index (χ1) is 7.21. The van der Waals surface area contributed by atoms with Gasteiger partial charge in [-0.25, -0.2) is 0 Å². The van der Waals surface area contributed by atoms with Gasteiger partial charge in [0.25, 0.3) is 0 Å². The van der Waals surface area contributed by atoms with E-state index in [4.69, 9.17) is 4.74 Å². The minimum atomic E-state index is -4.10. The zero-order valence-electron chi connectivity index (χ0n) is 10.3. The molecule has 0 aromatic rings. The van der Waals surface area contributed by atoms with Crippen LogP contribution in [0.25, 0.3) is 0 Å². The van der Waals surface area contributed by atoms with E-state index in [0.29, 0.717) is 6.61 Å². The topological polar surface area (TPSA) is 21.3 Å². The molecular formula is C11H22F3NO. The molecule has 0 fully saturated rings. The van der Waals surface area contributed by atoms with Crippen molar-refractivity contribution in [2.24, 2.45) is 0 Å². The number of ether oxygens (including phenoxy) is 1. The predicted octanol–water partition coefficient (Wildman–Crippen LogP) is 3.12. The molecule has 0 bridgehead atoms. The van der Waals surface area contributed by atoms with Crippen LogP contribution in [0, 0.1) is 0 Å². The average molecular weight is 241 g/mol. The van der Waals surface area contributed by atoms with Crippen molar-refractivity contribution >= 4 is 0 Å². The van der Waals surface area contributed by atoms with Crippen LogP contribution in [0.4, 0.5) is 13.2 Å². The summed E-state index contributed by atoms with van der Waals surface area (Å²) in [5.41, 5.74) is 0.0944. The maximum absolute atomic E-state index is 11.7. The Morgan fingerprint density at radius 3 is 2.12 bits per heavy atom. The summed E-state index contributed by atoms with van der Waals surface area (Å²) in [6, 6.07) is 0. The van der Waals surface area contributed by atoms with E-state index < -0.39 is 12.6 Å². The van der Waals surface area contributed by atoms with Gasteiger partial charge >= 0.3 is 6.18 Å². The molecule has 2 nitrogen and oxygen atoms in total. The zero-order valence-corrected chi connectivity index (χ0v) is 10.3. The van der Waals surface area contributed by atoms with Crippen molar-refractivity contribution in [2.75, 3.05) is 19.8 Å². The summed E-state index contributed by atoms with van der Waals surface area (Å²) in [7, 11) is 0. The first kappa shape index (κ1) is 15.7. The third-order valence-corrected chi connectivity index (χ3v) is 1.90. The fourth-order valence-electron chi connectivity index (χ4n) is 1.08. The molecule has 0 aliphatic carbocycles. The maximum atomic E-state index is 11.7. The Morgan fingerprint density at radius 1 is 1.00 bits per heavy atom. The second kappa shape index (κ2) is 7.12. The van der Waals surface area contributed by atoms with Gasteiger partial charge in [-0.1, -0.05) is 0 Å². The number of rotatable bonds is 7. The lowest BCUT2D eigenvalue weighted by atomic mass is 10.1. The van der Waals surface area contributed by atoms with E-state index in [1.807, 2.05) is 0 Å². The van der Waals surface area contributed by atoms with Gasteiger partial charge in [-0.3, -0.25) is 0 Å². The molecule has 0 unspecified atom stereocenters. The average Bonchev–Trinajstić information content (AvgIpc) is 2.06. The Hall–Kier alpha value is -0.290. The summed E-state index contributed by atoms with van der Waals surface area (Å²) in [4.78, 5) is 0. The maximum Gasteiger partial charge on any atom is 0.391 e. The van der Waals surface area contributed by atoms with Gasteiger partial charge in [0.05, 0.1) is 13.0 Å². The molecule has 1 N–H and O–H groups in total. The summed E-state index contributed by atoms with van der Waals surface area (Å²) < 4.78 is 40.1. The molecule has 0 heterocycles. The van der Waals surface area contributed by atoms with Crippen LogP contribution in [0.15, 0.2) is 0 Å². The van der Waals surface area contributed by atoms with E-state index in [-0.39, 0.29) is 12.1 Å². The van der Waals surface area contributed by atoms with Gasteiger partial charge < -0.3 is 10.1 Å². The van der Waals surface area contributed by atoms with Gasteiger partial charge in [0.2, 0.25) is 0 Å². The van der Waals surface area contributed by atoms with Crippen LogP contribution in [-0.2, 0) is 4.74 Å². The molecular weight excluding hydrogens is 219 g/mol. The number of halogens is 3. The summed E-state index contributed by atoms with van der Waals surface area (Å²) in [6.45, 7) is 7.27. The van der Waals surface area contributed by atoms with Crippen LogP contribution >= 0.6 is 0 Å². The number of hydrogen-bond acceptors (Lipinski definition) is 2. The molecule has 16 heavy (non-hydrogen) atoms. The molecule has 0 saturated carbocycles. The van der Waals surface area contributed by atoms with Crippen molar-refractivity contribution in [3.05, 3.63) is 0 Å². The fraction of sp³-hybridized carbons (Fsp3) is 1.00. The highest BCUT2D eigenvalue weighted by molar-refractivity contribution is 4.69. The van der Waals surface area contributed by atoms with E-state index in [1.165, 1.54) is 0 Å². The Labute approximate surface area is 95.5 Å². The molecule has 0 rings (SSSR count). The summed E-state index contributed by atoms with van der Waals surface area (Å²) in [5, 5.41) is 3.30. The third-order valence-electron chi connectivity index (χ3n) is 1.90. The number of alkyl halides is 3. The first-order valence-electron chi connectivity index (χ1n) is 5.60. The Morgan fingerprint density at radius 2 is 1.62 bits per heavy atom. The monoisotopic (exact) mass is 241 g/mol. The molecule has 0 aromatic heterocycles. The highest BCUT2D eigenvalue weighted by Gasteiger charge is 2.26. The molecule has 0 saturated heterocycles. The van der Waals surface area contributed by atoms with Crippen LogP contribution in [-0.4, -0.2) is 31.5 Å². The zero-order chi connectivity index (χ0) is 12.7. The van der Waals surface area contributed by atoms with Crippen LogP contribution in [0.3, 0.4) is 0 Å². The Balaban J connectivity index is 3.17. The predicted molar refractivity (Wildman–Crippen MR) is 58.5 cm³/mol. The molecule has 0 radical (unpaired) electrons. The van der Waals surface area contributed by atoms with E-state index in [2.05, 4.69) is 26.1 Å². The quantitative estimate of drug-likeness (QED) is 0.691. The summed E-state index contributed by atoms with van der Waals surface area (Å²) in [5.74, 6) is 0. The van der Waals surface area contributed by atoms with Gasteiger partial charge in [0.1, 0.15) is 0 Å². The van der Waals surface area contributed by atoms with E-state index in [9.17, 15) is 13.2 Å². The van der Waals surface area contributed by atoms with Gasteiger partial charge in [-0.05, 0) is 40.2 Å². The standard InChI is InChI=1S/C11H22F3NO/c1-10(2,3)15-7-4-5-8-16-9-6-11(12,13)14/h15H,4-9H2,1-3H3. The molecule has 0 amide bonds. The van der Waals surface area contributed by atoms with E-state index >= 15 is 0 Å². The lowest BCUT2D eigenvalue weighted by molar-refractivity contribution is -0.145. The van der Waals surface area contributed by atoms with Crippen molar-refractivity contribution in [2.45, 2.75) is 51.7 Å². The molecule has 98 valence electrons. The number of hydrogen-bond donors (Lipinski definition) is 1. The Bertz CT molecular complexity index is 155. The Kier molecular flexibility index (Phi) is 6.99. The van der Waals surface area contributed by atoms with Crippen LogP contribution in [0.1, 0.15) is 40.0 Å². The van der Waals surface area contributed by atoms with Crippen molar-refractivity contribution in [1.82, 2.24) is 5.32 Å². The minimum absolute atomic E-state index is 0.0944. The van der Waals surface area contributed by atoms with Crippen LogP contribution in [0.5, 0.6) is 0 Å². The van der Waals surface area contributed by atoms with Gasteiger partial charge in [0.15, 0.2) is 0 Å². The lowest BCUT2D eigenvalue weighted by Gasteiger charge is -2.20. The normalized spacial score (nSPS) is 13.1. The van der Waals surface area contributed by atoms with Crippen molar-refractivity contribution in [3.63, 3.8) is 0 Å². The molecule has 0 spiro atoms. The molecule has 0 aliphatic rings. The fourth-order valence-corrected chi connectivity index (χ4v) is 1.08. The van der Waals surface area contributed by atoms with Crippen LogP contribution < -0.4 is 5.32 Å². The van der Waals surface area contributed by atoms with E-state index in [1.54, 1.807) is 0 Å². The summed E-state index contributed by atoms with van der Waals surface area (Å²) in [6.07, 6.45) is -3.24. The second-order valence-corrected chi connectivity index (χ2v) is 4.86. The largest absolute Gasteiger partial charge is 0.391 e. The first-order valence-corrected chi connectivity index (χ1v) is 5.60. The third kappa shape index (κ3) is 13.7. The number of unbranched alkanes of at least 4 members (excludes halogenated alkanes) is 1. The van der Waals surface area contributed by atoms with Crippen molar-refractivity contribution in [3.8, 4) is 0 Å². The van der Waals surface area contributed by atoms with Crippen molar-refractivity contribution < 1.29 is 17.9 Å². The molecule has 0 aromatic carbocycles. The lowest BCUT2D eigenvalue weighted by Crippen LogP contribution is -2.36. The highest BCUT2D eigenvalue weighted by atomic mass is 19.4. The number of nitrogens with one attached hydrogen (secondary N) is 1. The smallest absolute Gasteiger partial charge is 0.381 e. The van der Waals surface area contributed by atoms with Crippen molar-refractivity contribution in [1.29, 1.82) is 0 Å². The second-order valence-electron chi connectivity index (χ2n) is 4.86. The van der Waals surface area contributed by atoms with E-state index in [0.717, 1.165) is 19.4 Å². The minimum Gasteiger partial charge on any atom is -0.381 e. The molecule has 0 atom stereocenters. The highest BCUT2D eigenvalue weighted by Crippen LogP contribution is 2.18. The van der Waals surface area contributed by atoms with Crippen LogP contribution in [0.2, 0.25) is 0 Å².